The van der Waals surface area contributed by atoms with Gasteiger partial charge >= 0.3 is 0 Å². The lowest BCUT2D eigenvalue weighted by Crippen LogP contribution is -2.14. The molecule has 27 heavy (non-hydrogen) atoms. The number of anilines is 1. The minimum absolute atomic E-state index is 0.0540. The number of carbonyl (C=O) groups excluding carboxylic acids is 1. The summed E-state index contributed by atoms with van der Waals surface area (Å²) in [6.45, 7) is 0. The molecule has 130 valence electrons. The molecule has 2 aromatic heterocycles. The SMILES string of the molecule is O=C(Cc1ccccc1)Nc1ccc2nc3[nH]c4ccccc4c3nc2c1. The molecule has 1 amide bonds. The molecule has 0 saturated carbocycles. The molecule has 5 heteroatoms. The highest BCUT2D eigenvalue weighted by atomic mass is 16.1. The van der Waals surface area contributed by atoms with Gasteiger partial charge in [-0.2, -0.15) is 0 Å². The van der Waals surface area contributed by atoms with Gasteiger partial charge in [-0.15, -0.1) is 0 Å². The molecular weight excluding hydrogens is 336 g/mol. The van der Waals surface area contributed by atoms with Crippen LogP contribution in [0.4, 0.5) is 5.69 Å². The Labute approximate surface area is 155 Å². The van der Waals surface area contributed by atoms with E-state index in [0.717, 1.165) is 44.4 Å². The van der Waals surface area contributed by atoms with Crippen LogP contribution in [-0.4, -0.2) is 20.9 Å². The number of hydrogen-bond acceptors (Lipinski definition) is 3. The van der Waals surface area contributed by atoms with E-state index in [4.69, 9.17) is 4.98 Å². The molecule has 0 aliphatic heterocycles. The summed E-state index contributed by atoms with van der Waals surface area (Å²) >= 11 is 0. The zero-order chi connectivity index (χ0) is 18.2. The molecule has 5 nitrogen and oxygen atoms in total. The standard InChI is InChI=1S/C22H16N4O/c27-20(12-14-6-2-1-3-7-14)23-15-10-11-18-19(13-15)24-21-16-8-4-5-9-17(16)25-22(21)26-18/h1-11,13H,12H2,(H,23,27)(H,25,26). The lowest BCUT2D eigenvalue weighted by molar-refractivity contribution is -0.115. The first-order chi connectivity index (χ1) is 13.3. The molecule has 0 aliphatic carbocycles. The molecule has 0 spiro atoms. The summed E-state index contributed by atoms with van der Waals surface area (Å²) in [6.07, 6.45) is 0.339. The number of para-hydroxylation sites is 1. The van der Waals surface area contributed by atoms with Crippen LogP contribution in [0.2, 0.25) is 0 Å². The molecule has 0 radical (unpaired) electrons. The van der Waals surface area contributed by atoms with E-state index in [1.165, 1.54) is 0 Å². The lowest BCUT2D eigenvalue weighted by atomic mass is 10.1. The van der Waals surface area contributed by atoms with Crippen LogP contribution < -0.4 is 5.32 Å². The molecule has 0 unspecified atom stereocenters. The first-order valence-corrected chi connectivity index (χ1v) is 8.78. The van der Waals surface area contributed by atoms with Gasteiger partial charge in [0.15, 0.2) is 5.65 Å². The number of H-pyrrole nitrogens is 1. The summed E-state index contributed by atoms with van der Waals surface area (Å²) in [7, 11) is 0. The van der Waals surface area contributed by atoms with Gasteiger partial charge in [0.1, 0.15) is 5.52 Å². The Kier molecular flexibility index (Phi) is 3.57. The van der Waals surface area contributed by atoms with Crippen molar-refractivity contribution in [3.8, 4) is 0 Å². The highest BCUT2D eigenvalue weighted by Crippen LogP contribution is 2.25. The summed E-state index contributed by atoms with van der Waals surface area (Å²) in [6, 6.07) is 23.3. The molecule has 0 bridgehead atoms. The predicted molar refractivity (Wildman–Crippen MR) is 108 cm³/mol. The molecule has 0 atom stereocenters. The van der Waals surface area contributed by atoms with Crippen molar-refractivity contribution in [2.75, 3.05) is 5.32 Å². The molecule has 2 heterocycles. The number of fused-ring (bicyclic) bond motifs is 4. The lowest BCUT2D eigenvalue weighted by Gasteiger charge is -2.06. The first-order valence-electron chi connectivity index (χ1n) is 8.78. The molecule has 3 aromatic carbocycles. The van der Waals surface area contributed by atoms with E-state index in [-0.39, 0.29) is 5.91 Å². The summed E-state index contributed by atoms with van der Waals surface area (Å²) in [4.78, 5) is 25.1. The fraction of sp³-hybridized carbons (Fsp3) is 0.0455. The average Bonchev–Trinajstić information content (AvgIpc) is 3.04. The molecule has 0 aliphatic rings. The monoisotopic (exact) mass is 352 g/mol. The summed E-state index contributed by atoms with van der Waals surface area (Å²) in [5, 5.41) is 3.99. The second-order valence-corrected chi connectivity index (χ2v) is 6.51. The quantitative estimate of drug-likeness (QED) is 0.504. The summed E-state index contributed by atoms with van der Waals surface area (Å²) < 4.78 is 0. The van der Waals surface area contributed by atoms with Gasteiger partial charge in [0, 0.05) is 16.6 Å². The number of carbonyl (C=O) groups is 1. The second-order valence-electron chi connectivity index (χ2n) is 6.51. The number of aromatic nitrogens is 3. The molecule has 2 N–H and O–H groups in total. The minimum Gasteiger partial charge on any atom is -0.338 e. The van der Waals surface area contributed by atoms with Gasteiger partial charge in [-0.05, 0) is 29.8 Å². The number of nitrogens with zero attached hydrogens (tertiary/aromatic N) is 2. The Balaban J connectivity index is 1.49. The van der Waals surface area contributed by atoms with E-state index in [9.17, 15) is 4.79 Å². The van der Waals surface area contributed by atoms with E-state index < -0.39 is 0 Å². The van der Waals surface area contributed by atoms with Crippen LogP contribution >= 0.6 is 0 Å². The van der Waals surface area contributed by atoms with Gasteiger partial charge in [0.05, 0.1) is 17.5 Å². The van der Waals surface area contributed by atoms with Crippen LogP contribution in [0, 0.1) is 0 Å². The molecule has 0 fully saturated rings. The summed E-state index contributed by atoms with van der Waals surface area (Å²) in [5.41, 5.74) is 5.86. The third-order valence-corrected chi connectivity index (χ3v) is 4.59. The van der Waals surface area contributed by atoms with Gasteiger partial charge in [-0.1, -0.05) is 48.5 Å². The maximum absolute atomic E-state index is 12.3. The minimum atomic E-state index is -0.0540. The van der Waals surface area contributed by atoms with Gasteiger partial charge in [-0.3, -0.25) is 4.79 Å². The summed E-state index contributed by atoms with van der Waals surface area (Å²) in [5.74, 6) is -0.0540. The Bertz CT molecular complexity index is 1290. The van der Waals surface area contributed by atoms with Crippen molar-refractivity contribution in [3.05, 3.63) is 78.4 Å². The Morgan fingerprint density at radius 2 is 1.70 bits per heavy atom. The van der Waals surface area contributed by atoms with E-state index in [1.807, 2.05) is 72.8 Å². The van der Waals surface area contributed by atoms with Crippen LogP contribution in [0.5, 0.6) is 0 Å². The van der Waals surface area contributed by atoms with Crippen LogP contribution in [0.1, 0.15) is 5.56 Å². The fourth-order valence-corrected chi connectivity index (χ4v) is 3.32. The Morgan fingerprint density at radius 3 is 2.59 bits per heavy atom. The average molecular weight is 352 g/mol. The zero-order valence-corrected chi connectivity index (χ0v) is 14.4. The van der Waals surface area contributed by atoms with Gasteiger partial charge in [-0.25, -0.2) is 9.97 Å². The van der Waals surface area contributed by atoms with Crippen LogP contribution in [0.25, 0.3) is 33.1 Å². The number of nitrogens with one attached hydrogen (secondary N) is 2. The largest absolute Gasteiger partial charge is 0.338 e. The third-order valence-electron chi connectivity index (χ3n) is 4.59. The number of hydrogen-bond donors (Lipinski definition) is 2. The van der Waals surface area contributed by atoms with Crippen molar-refractivity contribution >= 4 is 44.7 Å². The second kappa shape index (κ2) is 6.21. The van der Waals surface area contributed by atoms with Crippen molar-refractivity contribution in [1.29, 1.82) is 0 Å². The molecule has 5 rings (SSSR count). The maximum Gasteiger partial charge on any atom is 0.228 e. The molecular formula is C22H16N4O. The normalized spacial score (nSPS) is 11.3. The maximum atomic E-state index is 12.3. The van der Waals surface area contributed by atoms with Gasteiger partial charge in [0.2, 0.25) is 5.91 Å². The van der Waals surface area contributed by atoms with E-state index >= 15 is 0 Å². The van der Waals surface area contributed by atoms with Gasteiger partial charge in [0.25, 0.3) is 0 Å². The Hall–Kier alpha value is -3.73. The van der Waals surface area contributed by atoms with E-state index in [2.05, 4.69) is 15.3 Å². The van der Waals surface area contributed by atoms with Crippen molar-refractivity contribution in [2.45, 2.75) is 6.42 Å². The molecule has 0 saturated heterocycles. The smallest absolute Gasteiger partial charge is 0.228 e. The van der Waals surface area contributed by atoms with Crippen LogP contribution in [-0.2, 0) is 11.2 Å². The molecule has 5 aromatic rings. The topological polar surface area (TPSA) is 70.7 Å². The predicted octanol–water partition coefficient (Wildman–Crippen LogP) is 4.45. The van der Waals surface area contributed by atoms with Gasteiger partial charge < -0.3 is 10.3 Å². The van der Waals surface area contributed by atoms with Crippen LogP contribution in [0.3, 0.4) is 0 Å². The third kappa shape index (κ3) is 2.89. The highest BCUT2D eigenvalue weighted by Gasteiger charge is 2.10. The zero-order valence-electron chi connectivity index (χ0n) is 14.4. The van der Waals surface area contributed by atoms with Crippen molar-refractivity contribution in [3.63, 3.8) is 0 Å². The Morgan fingerprint density at radius 1 is 0.889 bits per heavy atom. The van der Waals surface area contributed by atoms with Crippen molar-refractivity contribution in [1.82, 2.24) is 15.0 Å². The van der Waals surface area contributed by atoms with Crippen LogP contribution in [0.15, 0.2) is 72.8 Å². The first kappa shape index (κ1) is 15.5. The number of aromatic amines is 1. The number of rotatable bonds is 3. The number of benzene rings is 3. The number of amides is 1. The van der Waals surface area contributed by atoms with Crippen molar-refractivity contribution < 1.29 is 4.79 Å². The fourth-order valence-electron chi connectivity index (χ4n) is 3.32. The highest BCUT2D eigenvalue weighted by molar-refractivity contribution is 6.06. The van der Waals surface area contributed by atoms with E-state index in [0.29, 0.717) is 6.42 Å². The van der Waals surface area contributed by atoms with E-state index in [1.54, 1.807) is 0 Å². The van der Waals surface area contributed by atoms with Crippen molar-refractivity contribution in [2.24, 2.45) is 0 Å².